The first-order valence-electron chi connectivity index (χ1n) is 6.86. The fourth-order valence-electron chi connectivity index (χ4n) is 1.91. The van der Waals surface area contributed by atoms with Crippen LogP contribution in [0.2, 0.25) is 0 Å². The average molecular weight is 248 g/mol. The van der Waals surface area contributed by atoms with Crippen molar-refractivity contribution in [3.8, 4) is 0 Å². The predicted octanol–water partition coefficient (Wildman–Crippen LogP) is 2.68. The molecule has 0 aliphatic heterocycles. The molecule has 1 aromatic carbocycles. The van der Waals surface area contributed by atoms with Crippen LogP contribution in [-0.2, 0) is 11.8 Å². The highest BCUT2D eigenvalue weighted by atomic mass is 15.1. The largest absolute Gasteiger partial charge is 0.318 e. The van der Waals surface area contributed by atoms with E-state index in [4.69, 9.17) is 0 Å². The topological polar surface area (TPSA) is 15.3 Å². The average Bonchev–Trinajstić information content (AvgIpc) is 2.33. The number of nitrogens with zero attached hydrogens (tertiary/aromatic N) is 1. The summed E-state index contributed by atoms with van der Waals surface area (Å²) in [6.07, 6.45) is 1.13. The smallest absolute Gasteiger partial charge is 0.0104 e. The Balaban J connectivity index is 2.44. The van der Waals surface area contributed by atoms with E-state index in [-0.39, 0.29) is 5.41 Å². The molecule has 102 valence electrons. The fraction of sp³-hybridized carbons (Fsp3) is 0.625. The second kappa shape index (κ2) is 6.91. The molecule has 0 radical (unpaired) electrons. The Labute approximate surface area is 112 Å². The van der Waals surface area contributed by atoms with Gasteiger partial charge in [-0.05, 0) is 37.1 Å². The first kappa shape index (κ1) is 15.2. The van der Waals surface area contributed by atoms with Gasteiger partial charge in [0.25, 0.3) is 0 Å². The summed E-state index contributed by atoms with van der Waals surface area (Å²) >= 11 is 0. The van der Waals surface area contributed by atoms with Crippen LogP contribution in [0.15, 0.2) is 24.3 Å². The summed E-state index contributed by atoms with van der Waals surface area (Å²) in [5, 5.41) is 3.18. The van der Waals surface area contributed by atoms with Crippen molar-refractivity contribution in [3.63, 3.8) is 0 Å². The van der Waals surface area contributed by atoms with E-state index in [0.29, 0.717) is 0 Å². The molecule has 0 heterocycles. The number of hydrogen-bond acceptors (Lipinski definition) is 2. The standard InChI is InChI=1S/C16H28N2/c1-16(2,3)15-8-6-14(7-9-15)10-12-18(5)13-11-17-4/h6-9,17H,10-13H2,1-5H3. The van der Waals surface area contributed by atoms with Gasteiger partial charge in [0.15, 0.2) is 0 Å². The first-order chi connectivity index (χ1) is 8.43. The van der Waals surface area contributed by atoms with Gasteiger partial charge in [-0.1, -0.05) is 45.0 Å². The van der Waals surface area contributed by atoms with Crippen molar-refractivity contribution in [2.45, 2.75) is 32.6 Å². The van der Waals surface area contributed by atoms with Gasteiger partial charge in [-0.15, -0.1) is 0 Å². The molecule has 0 bridgehead atoms. The van der Waals surface area contributed by atoms with Gasteiger partial charge >= 0.3 is 0 Å². The van der Waals surface area contributed by atoms with Crippen molar-refractivity contribution in [2.24, 2.45) is 0 Å². The van der Waals surface area contributed by atoms with Crippen LogP contribution >= 0.6 is 0 Å². The zero-order valence-electron chi connectivity index (χ0n) is 12.6. The summed E-state index contributed by atoms with van der Waals surface area (Å²) in [4.78, 5) is 2.37. The van der Waals surface area contributed by atoms with Gasteiger partial charge in [0, 0.05) is 19.6 Å². The number of likely N-dealkylation sites (N-methyl/N-ethyl adjacent to an activating group) is 2. The Kier molecular flexibility index (Phi) is 5.83. The lowest BCUT2D eigenvalue weighted by Crippen LogP contribution is -2.29. The van der Waals surface area contributed by atoms with E-state index in [1.807, 2.05) is 7.05 Å². The molecule has 0 saturated carbocycles. The van der Waals surface area contributed by atoms with Crippen LogP contribution in [0.3, 0.4) is 0 Å². The Hall–Kier alpha value is -0.860. The minimum absolute atomic E-state index is 0.252. The van der Waals surface area contributed by atoms with Crippen molar-refractivity contribution in [2.75, 3.05) is 33.7 Å². The summed E-state index contributed by atoms with van der Waals surface area (Å²) in [6, 6.07) is 9.07. The lowest BCUT2D eigenvalue weighted by atomic mass is 9.86. The number of benzene rings is 1. The van der Waals surface area contributed by atoms with Gasteiger partial charge in [0.1, 0.15) is 0 Å². The van der Waals surface area contributed by atoms with Crippen LogP contribution < -0.4 is 5.32 Å². The van der Waals surface area contributed by atoms with Crippen LogP contribution in [0.25, 0.3) is 0 Å². The molecule has 0 aliphatic carbocycles. The maximum Gasteiger partial charge on any atom is 0.0104 e. The minimum atomic E-state index is 0.252. The molecule has 1 aromatic rings. The molecule has 0 unspecified atom stereocenters. The van der Waals surface area contributed by atoms with E-state index in [1.54, 1.807) is 0 Å². The predicted molar refractivity (Wildman–Crippen MR) is 80.3 cm³/mol. The highest BCUT2D eigenvalue weighted by molar-refractivity contribution is 5.27. The van der Waals surface area contributed by atoms with Gasteiger partial charge in [-0.25, -0.2) is 0 Å². The van der Waals surface area contributed by atoms with Gasteiger partial charge in [0.2, 0.25) is 0 Å². The Morgan fingerprint density at radius 2 is 1.67 bits per heavy atom. The highest BCUT2D eigenvalue weighted by Crippen LogP contribution is 2.22. The maximum absolute atomic E-state index is 3.18. The Morgan fingerprint density at radius 3 is 2.17 bits per heavy atom. The molecular formula is C16H28N2. The minimum Gasteiger partial charge on any atom is -0.318 e. The molecule has 2 nitrogen and oxygen atoms in total. The molecular weight excluding hydrogens is 220 g/mol. The number of nitrogens with one attached hydrogen (secondary N) is 1. The van der Waals surface area contributed by atoms with E-state index in [0.717, 1.165) is 26.1 Å². The third-order valence-electron chi connectivity index (χ3n) is 3.35. The first-order valence-corrected chi connectivity index (χ1v) is 6.86. The van der Waals surface area contributed by atoms with E-state index in [9.17, 15) is 0 Å². The monoisotopic (exact) mass is 248 g/mol. The van der Waals surface area contributed by atoms with Crippen molar-refractivity contribution in [1.82, 2.24) is 10.2 Å². The van der Waals surface area contributed by atoms with Crippen LogP contribution in [0.1, 0.15) is 31.9 Å². The van der Waals surface area contributed by atoms with E-state index in [1.165, 1.54) is 11.1 Å². The van der Waals surface area contributed by atoms with Gasteiger partial charge in [0.05, 0.1) is 0 Å². The molecule has 2 heteroatoms. The van der Waals surface area contributed by atoms with Crippen molar-refractivity contribution in [1.29, 1.82) is 0 Å². The maximum atomic E-state index is 3.18. The van der Waals surface area contributed by atoms with Crippen molar-refractivity contribution < 1.29 is 0 Å². The fourth-order valence-corrected chi connectivity index (χ4v) is 1.91. The van der Waals surface area contributed by atoms with E-state index in [2.05, 4.69) is 62.3 Å². The lowest BCUT2D eigenvalue weighted by Gasteiger charge is -2.20. The van der Waals surface area contributed by atoms with Crippen LogP contribution in [0, 0.1) is 0 Å². The van der Waals surface area contributed by atoms with Gasteiger partial charge in [-0.3, -0.25) is 0 Å². The van der Waals surface area contributed by atoms with E-state index < -0.39 is 0 Å². The molecule has 0 amide bonds. The normalized spacial score (nSPS) is 12.1. The quantitative estimate of drug-likeness (QED) is 0.832. The SMILES string of the molecule is CNCCN(C)CCc1ccc(C(C)(C)C)cc1. The Bertz CT molecular complexity index is 335. The molecule has 0 atom stereocenters. The van der Waals surface area contributed by atoms with Crippen molar-refractivity contribution in [3.05, 3.63) is 35.4 Å². The summed E-state index contributed by atoms with van der Waals surface area (Å²) in [7, 11) is 4.18. The number of hydrogen-bond donors (Lipinski definition) is 1. The molecule has 0 aromatic heterocycles. The summed E-state index contributed by atoms with van der Waals surface area (Å²) in [5.74, 6) is 0. The molecule has 0 saturated heterocycles. The summed E-state index contributed by atoms with van der Waals surface area (Å²) in [5.41, 5.74) is 3.09. The Morgan fingerprint density at radius 1 is 1.06 bits per heavy atom. The molecule has 1 N–H and O–H groups in total. The molecule has 0 spiro atoms. The lowest BCUT2D eigenvalue weighted by molar-refractivity contribution is 0.339. The van der Waals surface area contributed by atoms with Crippen LogP contribution in [0.4, 0.5) is 0 Å². The highest BCUT2D eigenvalue weighted by Gasteiger charge is 2.12. The van der Waals surface area contributed by atoms with Gasteiger partial charge in [-0.2, -0.15) is 0 Å². The molecule has 1 rings (SSSR count). The van der Waals surface area contributed by atoms with E-state index >= 15 is 0 Å². The summed E-state index contributed by atoms with van der Waals surface area (Å²) < 4.78 is 0. The molecule has 18 heavy (non-hydrogen) atoms. The van der Waals surface area contributed by atoms with Crippen LogP contribution in [0.5, 0.6) is 0 Å². The van der Waals surface area contributed by atoms with Gasteiger partial charge < -0.3 is 10.2 Å². The van der Waals surface area contributed by atoms with Crippen molar-refractivity contribution >= 4 is 0 Å². The van der Waals surface area contributed by atoms with Crippen LogP contribution in [-0.4, -0.2) is 38.6 Å². The molecule has 0 fully saturated rings. The third-order valence-corrected chi connectivity index (χ3v) is 3.35. The second-order valence-corrected chi connectivity index (χ2v) is 6.10. The third kappa shape index (κ3) is 5.19. The zero-order valence-corrected chi connectivity index (χ0v) is 12.6. The molecule has 0 aliphatic rings. The number of rotatable bonds is 6. The zero-order chi connectivity index (χ0) is 13.6. The summed E-state index contributed by atoms with van der Waals surface area (Å²) in [6.45, 7) is 10.1. The second-order valence-electron chi connectivity index (χ2n) is 6.10.